The summed E-state index contributed by atoms with van der Waals surface area (Å²) in [5.74, 6) is -1.17. The first-order valence-corrected chi connectivity index (χ1v) is 26.8. The lowest BCUT2D eigenvalue weighted by atomic mass is 10.1. The van der Waals surface area contributed by atoms with Crippen LogP contribution in [0, 0.1) is 6.92 Å². The molecule has 6 aromatic carbocycles. The molecule has 0 aliphatic rings. The lowest BCUT2D eigenvalue weighted by molar-refractivity contribution is 0.317. The summed E-state index contributed by atoms with van der Waals surface area (Å²) >= 11 is 1.31. The van der Waals surface area contributed by atoms with Crippen LogP contribution in [0.5, 0.6) is 11.5 Å². The first-order chi connectivity index (χ1) is 33.5. The van der Waals surface area contributed by atoms with Gasteiger partial charge in [0, 0.05) is 22.4 Å². The van der Waals surface area contributed by atoms with Gasteiger partial charge in [-0.1, -0.05) is 59.9 Å². The Morgan fingerprint density at radius 1 is 0.676 bits per heavy atom. The minimum Gasteiger partial charge on any atom is -0.505 e. The molecule has 0 spiro atoms. The molecule has 0 saturated heterocycles. The predicted octanol–water partition coefficient (Wildman–Crippen LogP) is 9.25. The van der Waals surface area contributed by atoms with Gasteiger partial charge in [-0.3, -0.25) is 28.1 Å². The Morgan fingerprint density at radius 2 is 1.34 bits per heavy atom. The maximum Gasteiger partial charge on any atom is 0.299 e. The molecule has 0 fully saturated rings. The highest BCUT2D eigenvalue weighted by molar-refractivity contribution is 7.87. The summed E-state index contributed by atoms with van der Waals surface area (Å²) in [6.45, 7) is 1.49. The third-order valence-electron chi connectivity index (χ3n) is 10.1. The van der Waals surface area contributed by atoms with Gasteiger partial charge in [0.1, 0.15) is 32.6 Å². The summed E-state index contributed by atoms with van der Waals surface area (Å²) < 4.78 is 144. The maximum absolute atomic E-state index is 14.0. The van der Waals surface area contributed by atoms with Crippen LogP contribution in [0.25, 0.3) is 37.9 Å². The average Bonchev–Trinajstić information content (AvgIpc) is 3.88. The summed E-state index contributed by atoms with van der Waals surface area (Å²) in [5.41, 5.74) is -1.32. The summed E-state index contributed by atoms with van der Waals surface area (Å²) in [4.78, 5) is 15.5. The first kappa shape index (κ1) is 49.9. The number of thiazole rings is 1. The highest BCUT2D eigenvalue weighted by Gasteiger charge is 2.27. The topological polar surface area (TPSA) is 372 Å². The number of hydrogen-bond donors (Lipinski definition) is 6. The van der Waals surface area contributed by atoms with E-state index in [-0.39, 0.29) is 52.2 Å². The number of H-pyrrole nitrogens is 1. The van der Waals surface area contributed by atoms with Crippen LogP contribution in [0.15, 0.2) is 159 Å². The molecule has 0 radical (unpaired) electrons. The number of azo groups is 3. The zero-order valence-corrected chi connectivity index (χ0v) is 40.0. The fraction of sp³-hybridized carbons (Fsp3) is 0.0952. The minimum atomic E-state index is -5.27. The number of aromatic amines is 1. The number of nitrogens with one attached hydrogen (secondary N) is 1. The number of phenolic OH excluding ortho intramolecular Hbond substituents is 1. The van der Waals surface area contributed by atoms with Gasteiger partial charge in [-0.05, 0) is 73.5 Å². The van der Waals surface area contributed by atoms with Gasteiger partial charge < -0.3 is 9.84 Å². The zero-order chi connectivity index (χ0) is 51.0. The molecule has 8 rings (SSSR count). The SMILES string of the molecule is Cc1cc(N=Nc2ccc3c(S(=O)(=O)O)c(N=Nc4c(-c5ccccc5)[nH]n(-c5ccc(S(=O)(=O)O)cc5S(=O)(=O)O)c4=O)ccc3c2O)c(OCCCS(=O)(=O)O)cc1N=Nc1nc2ccccc2s1. The molecule has 0 bridgehead atoms. The van der Waals surface area contributed by atoms with Crippen molar-refractivity contribution in [1.29, 1.82) is 0 Å². The van der Waals surface area contributed by atoms with Crippen molar-refractivity contribution in [3.05, 3.63) is 125 Å². The van der Waals surface area contributed by atoms with Crippen LogP contribution >= 0.6 is 11.3 Å². The number of rotatable bonds is 16. The van der Waals surface area contributed by atoms with Crippen molar-refractivity contribution in [2.75, 3.05) is 12.4 Å². The fourth-order valence-corrected chi connectivity index (χ4v) is 10.3. The summed E-state index contributed by atoms with van der Waals surface area (Å²) in [6, 6.07) is 24.7. The number of nitrogens with zero attached hydrogens (tertiary/aromatic N) is 8. The molecular weight excluding hydrogens is 1030 g/mol. The molecule has 6 N–H and O–H groups in total. The van der Waals surface area contributed by atoms with Crippen LogP contribution in [0.2, 0.25) is 0 Å². The third kappa shape index (κ3) is 11.1. The van der Waals surface area contributed by atoms with Gasteiger partial charge in [0.05, 0.1) is 44.5 Å². The normalized spacial score (nSPS) is 12.9. The highest BCUT2D eigenvalue weighted by atomic mass is 32.2. The van der Waals surface area contributed by atoms with Crippen molar-refractivity contribution in [3.8, 4) is 28.4 Å². The van der Waals surface area contributed by atoms with E-state index in [0.717, 1.165) is 34.5 Å². The van der Waals surface area contributed by atoms with Crippen LogP contribution in [0.3, 0.4) is 0 Å². The van der Waals surface area contributed by atoms with Crippen molar-refractivity contribution in [3.63, 3.8) is 0 Å². The highest BCUT2D eigenvalue weighted by Crippen LogP contribution is 2.43. The predicted molar refractivity (Wildman–Crippen MR) is 257 cm³/mol. The van der Waals surface area contributed by atoms with E-state index < -0.39 is 89.3 Å². The molecular formula is C42H33N9O15S5. The van der Waals surface area contributed by atoms with E-state index in [1.165, 1.54) is 47.7 Å². The van der Waals surface area contributed by atoms with Crippen LogP contribution < -0.4 is 10.3 Å². The van der Waals surface area contributed by atoms with Crippen molar-refractivity contribution in [1.82, 2.24) is 14.8 Å². The van der Waals surface area contributed by atoms with E-state index in [9.17, 15) is 61.8 Å². The minimum absolute atomic E-state index is 0.0513. The molecule has 0 unspecified atom stereocenters. The largest absolute Gasteiger partial charge is 0.505 e. The number of ether oxygens (including phenoxy) is 1. The zero-order valence-electron chi connectivity index (χ0n) is 36.0. The molecule has 24 nitrogen and oxygen atoms in total. The van der Waals surface area contributed by atoms with Crippen LogP contribution in [-0.4, -0.2) is 84.1 Å². The number of benzene rings is 6. The van der Waals surface area contributed by atoms with Crippen molar-refractivity contribution < 1.29 is 61.7 Å². The smallest absolute Gasteiger partial charge is 0.299 e. The molecule has 0 amide bonds. The fourth-order valence-electron chi connectivity index (χ4n) is 6.91. The monoisotopic (exact) mass is 1060 g/mol. The summed E-state index contributed by atoms with van der Waals surface area (Å²) in [7, 11) is -19.8. The average molecular weight is 1060 g/mol. The third-order valence-corrected chi connectivity index (χ3v) is 14.5. The van der Waals surface area contributed by atoms with Gasteiger partial charge in [0.2, 0.25) is 5.13 Å². The second-order valence-corrected chi connectivity index (χ2v) is 21.7. The van der Waals surface area contributed by atoms with Gasteiger partial charge in [-0.2, -0.15) is 33.7 Å². The summed E-state index contributed by atoms with van der Waals surface area (Å²) in [6.07, 6.45) is -0.110. The second-order valence-electron chi connectivity index (χ2n) is 15.0. The van der Waals surface area contributed by atoms with Gasteiger partial charge in [-0.15, -0.1) is 30.7 Å². The van der Waals surface area contributed by atoms with Gasteiger partial charge in [-0.25, -0.2) is 9.67 Å². The molecule has 0 saturated carbocycles. The number of aromatic hydroxyl groups is 1. The number of hydrogen-bond acceptors (Lipinski definition) is 19. The molecule has 8 aromatic rings. The maximum atomic E-state index is 14.0. The lowest BCUT2D eigenvalue weighted by Gasteiger charge is -2.11. The molecule has 71 heavy (non-hydrogen) atoms. The van der Waals surface area contributed by atoms with Gasteiger partial charge in [0.15, 0.2) is 11.4 Å². The van der Waals surface area contributed by atoms with E-state index in [1.54, 1.807) is 25.1 Å². The Bertz CT molecular complexity index is 4030. The Hall–Kier alpha value is -7.48. The molecule has 366 valence electrons. The lowest BCUT2D eigenvalue weighted by Crippen LogP contribution is -2.18. The number of aromatic nitrogens is 3. The quantitative estimate of drug-likeness (QED) is 0.0298. The van der Waals surface area contributed by atoms with Crippen molar-refractivity contribution in [2.24, 2.45) is 30.7 Å². The van der Waals surface area contributed by atoms with Crippen molar-refractivity contribution >= 4 is 106 Å². The Balaban J connectivity index is 1.17. The standard InChI is InChI=1S/C42H33N9O15S5/c1-23-20-32(34(66-18-7-19-68(54,55)56)22-31(23)46-49-42-43-28-10-5-6-11-35(28)67-42)47-44-29-15-14-27-26(39(29)52)13-16-30(40(27)71(63,64)65)45-48-38-37(24-8-3-2-4-9-24)50-51(41(38)53)33-17-12-25(69(57,58)59)21-36(33)70(60,61)62/h2-6,8-17,20-22,50,52H,7,18-19H2,1H3,(H,54,55,56)(H,57,58,59)(H,60,61,62)(H,63,64,65). The van der Waals surface area contributed by atoms with E-state index in [2.05, 4.69) is 40.8 Å². The first-order valence-electron chi connectivity index (χ1n) is 20.1. The molecule has 0 atom stereocenters. The van der Waals surface area contributed by atoms with Crippen LogP contribution in [-0.2, 0) is 40.5 Å². The van der Waals surface area contributed by atoms with Gasteiger partial charge in [0.25, 0.3) is 46.0 Å². The van der Waals surface area contributed by atoms with E-state index in [1.807, 2.05) is 24.3 Å². The number of fused-ring (bicyclic) bond motifs is 2. The van der Waals surface area contributed by atoms with Gasteiger partial charge >= 0.3 is 0 Å². The Labute approximate surface area is 405 Å². The van der Waals surface area contributed by atoms with Crippen LogP contribution in [0.1, 0.15) is 12.0 Å². The van der Waals surface area contributed by atoms with Crippen molar-refractivity contribution in [2.45, 2.75) is 28.0 Å². The second kappa shape index (κ2) is 19.4. The van der Waals surface area contributed by atoms with E-state index in [0.29, 0.717) is 27.1 Å². The molecule has 2 heterocycles. The van der Waals surface area contributed by atoms with E-state index >= 15 is 0 Å². The number of aryl methyl sites for hydroxylation is 1. The molecule has 0 aliphatic heterocycles. The number of phenols is 1. The molecule has 0 aliphatic carbocycles. The number of para-hydroxylation sites is 1. The molecule has 2 aromatic heterocycles. The van der Waals surface area contributed by atoms with E-state index in [4.69, 9.17) is 4.74 Å². The summed E-state index contributed by atoms with van der Waals surface area (Å²) in [5, 5.41) is 38.9. The molecule has 29 heteroatoms. The Kier molecular flexibility index (Phi) is 13.6. The Morgan fingerprint density at radius 3 is 2.03 bits per heavy atom. The van der Waals surface area contributed by atoms with Crippen LogP contribution in [0.4, 0.5) is 33.6 Å².